The molecule has 0 spiro atoms. The average Bonchev–Trinajstić information content (AvgIpc) is 2.30. The fourth-order valence-electron chi connectivity index (χ4n) is 1.12. The molecule has 76 valence electrons. The van der Waals surface area contributed by atoms with Crippen LogP contribution in [-0.2, 0) is 0 Å². The van der Waals surface area contributed by atoms with Crippen molar-refractivity contribution in [1.29, 1.82) is 0 Å². The van der Waals surface area contributed by atoms with Gasteiger partial charge in [0.15, 0.2) is 5.69 Å². The topological polar surface area (TPSA) is 86.8 Å². The highest BCUT2D eigenvalue weighted by atomic mass is 16.5. The molecule has 0 aliphatic heterocycles. The second-order valence-corrected chi connectivity index (χ2v) is 2.76. The average molecular weight is 203 g/mol. The molecule has 0 radical (unpaired) electrons. The maximum absolute atomic E-state index is 5.43. The van der Waals surface area contributed by atoms with E-state index < -0.39 is 0 Å². The molecule has 6 nitrogen and oxygen atoms in total. The van der Waals surface area contributed by atoms with Crippen LogP contribution < -0.4 is 10.5 Å². The maximum atomic E-state index is 5.43. The lowest BCUT2D eigenvalue weighted by atomic mass is 10.3. The maximum Gasteiger partial charge on any atom is 0.242 e. The number of nitrogens with two attached hydrogens (primary N) is 1. The molecule has 2 N–H and O–H groups in total. The van der Waals surface area contributed by atoms with Crippen molar-refractivity contribution >= 4 is 5.82 Å². The van der Waals surface area contributed by atoms with E-state index in [1.165, 1.54) is 7.11 Å². The lowest BCUT2D eigenvalue weighted by Gasteiger charge is -2.03. The molecule has 2 heterocycles. The number of hydrogen-bond donors (Lipinski definition) is 1. The number of hydrogen-bond acceptors (Lipinski definition) is 6. The normalized spacial score (nSPS) is 9.93. The van der Waals surface area contributed by atoms with Gasteiger partial charge in [-0.3, -0.25) is 0 Å². The summed E-state index contributed by atoms with van der Waals surface area (Å²) in [5.41, 5.74) is 6.56. The summed E-state index contributed by atoms with van der Waals surface area (Å²) in [7, 11) is 1.53. The van der Waals surface area contributed by atoms with Gasteiger partial charge in [0.25, 0.3) is 0 Å². The third-order valence-electron chi connectivity index (χ3n) is 1.79. The van der Waals surface area contributed by atoms with E-state index in [9.17, 15) is 0 Å². The minimum Gasteiger partial charge on any atom is -0.479 e. The summed E-state index contributed by atoms with van der Waals surface area (Å²) in [6.07, 6.45) is 3.11. The Hall–Kier alpha value is -2.24. The summed E-state index contributed by atoms with van der Waals surface area (Å²) < 4.78 is 5.06. The zero-order valence-electron chi connectivity index (χ0n) is 8.08. The van der Waals surface area contributed by atoms with Crippen molar-refractivity contribution in [3.05, 3.63) is 24.5 Å². The minimum absolute atomic E-state index is 0.363. The Morgan fingerprint density at radius 3 is 2.60 bits per heavy atom. The Kier molecular flexibility index (Phi) is 2.40. The quantitative estimate of drug-likeness (QED) is 0.765. The van der Waals surface area contributed by atoms with Gasteiger partial charge >= 0.3 is 0 Å². The van der Waals surface area contributed by atoms with Crippen molar-refractivity contribution in [3.63, 3.8) is 0 Å². The number of nitrogen functional groups attached to an aromatic ring is 1. The standard InChI is InChI=1S/C9H9N5O/c1-15-9-8(11-4-5-12-9)6-2-3-7(10)14-13-6/h2-5H,1H3,(H2,10,14). The van der Waals surface area contributed by atoms with Gasteiger partial charge in [-0.05, 0) is 12.1 Å². The number of methoxy groups -OCH3 is 1. The third kappa shape index (κ3) is 1.83. The highest BCUT2D eigenvalue weighted by Crippen LogP contribution is 2.22. The Labute approximate surface area is 86.2 Å². The van der Waals surface area contributed by atoms with Crippen LogP contribution in [0.5, 0.6) is 5.88 Å². The van der Waals surface area contributed by atoms with E-state index in [4.69, 9.17) is 10.5 Å². The van der Waals surface area contributed by atoms with Crippen molar-refractivity contribution in [2.24, 2.45) is 0 Å². The predicted octanol–water partition coefficient (Wildman–Crippen LogP) is 0.524. The summed E-state index contributed by atoms with van der Waals surface area (Å²) in [4.78, 5) is 8.13. The van der Waals surface area contributed by atoms with Crippen molar-refractivity contribution in [3.8, 4) is 17.3 Å². The van der Waals surface area contributed by atoms with E-state index in [1.54, 1.807) is 24.5 Å². The van der Waals surface area contributed by atoms with Crippen molar-refractivity contribution in [1.82, 2.24) is 20.2 Å². The summed E-state index contributed by atoms with van der Waals surface area (Å²) >= 11 is 0. The minimum atomic E-state index is 0.363. The molecule has 0 aliphatic carbocycles. The van der Waals surface area contributed by atoms with Crippen LogP contribution in [0.25, 0.3) is 11.4 Å². The van der Waals surface area contributed by atoms with Crippen LogP contribution in [0.15, 0.2) is 24.5 Å². The van der Waals surface area contributed by atoms with Gasteiger partial charge in [-0.2, -0.15) is 0 Å². The second kappa shape index (κ2) is 3.87. The highest BCUT2D eigenvalue weighted by molar-refractivity contribution is 5.59. The Bertz CT molecular complexity index is 456. The number of nitrogens with zero attached hydrogens (tertiary/aromatic N) is 4. The first-order valence-electron chi connectivity index (χ1n) is 4.26. The number of aromatic nitrogens is 4. The molecule has 0 unspecified atom stereocenters. The van der Waals surface area contributed by atoms with Crippen LogP contribution in [0.1, 0.15) is 0 Å². The summed E-state index contributed by atoms with van der Waals surface area (Å²) in [5.74, 6) is 0.776. The summed E-state index contributed by atoms with van der Waals surface area (Å²) in [6, 6.07) is 3.37. The monoisotopic (exact) mass is 203 g/mol. The van der Waals surface area contributed by atoms with Crippen molar-refractivity contribution < 1.29 is 4.74 Å². The SMILES string of the molecule is COc1nccnc1-c1ccc(N)nn1. The van der Waals surface area contributed by atoms with Crippen LogP contribution in [0.4, 0.5) is 5.82 Å². The Morgan fingerprint density at radius 1 is 1.13 bits per heavy atom. The predicted molar refractivity (Wildman–Crippen MR) is 54.0 cm³/mol. The Balaban J connectivity index is 2.49. The van der Waals surface area contributed by atoms with Gasteiger partial charge < -0.3 is 10.5 Å². The molecule has 0 saturated carbocycles. The van der Waals surface area contributed by atoms with E-state index in [-0.39, 0.29) is 0 Å². The van der Waals surface area contributed by atoms with E-state index >= 15 is 0 Å². The lowest BCUT2D eigenvalue weighted by molar-refractivity contribution is 0.397. The van der Waals surface area contributed by atoms with E-state index in [0.717, 1.165) is 0 Å². The largest absolute Gasteiger partial charge is 0.479 e. The first-order valence-corrected chi connectivity index (χ1v) is 4.26. The molecule has 0 atom stereocenters. The smallest absolute Gasteiger partial charge is 0.242 e. The molecule has 2 aromatic rings. The first-order chi connectivity index (χ1) is 7.31. The number of ether oxygens (including phenoxy) is 1. The number of anilines is 1. The summed E-state index contributed by atoms with van der Waals surface area (Å²) in [6.45, 7) is 0. The molecule has 2 aromatic heterocycles. The third-order valence-corrected chi connectivity index (χ3v) is 1.79. The lowest BCUT2D eigenvalue weighted by Crippen LogP contribution is -1.98. The van der Waals surface area contributed by atoms with Gasteiger partial charge in [-0.15, -0.1) is 10.2 Å². The number of rotatable bonds is 2. The summed E-state index contributed by atoms with van der Waals surface area (Å²) in [5, 5.41) is 7.63. The zero-order chi connectivity index (χ0) is 10.7. The molecular formula is C9H9N5O. The van der Waals surface area contributed by atoms with Crippen molar-refractivity contribution in [2.45, 2.75) is 0 Å². The molecular weight excluding hydrogens is 194 g/mol. The zero-order valence-corrected chi connectivity index (χ0v) is 8.08. The molecule has 0 bridgehead atoms. The molecule has 0 saturated heterocycles. The van der Waals surface area contributed by atoms with Crippen LogP contribution in [0.2, 0.25) is 0 Å². The first kappa shape index (κ1) is 9.32. The molecule has 0 aromatic carbocycles. The van der Waals surface area contributed by atoms with Gasteiger partial charge in [-0.25, -0.2) is 9.97 Å². The van der Waals surface area contributed by atoms with Crippen LogP contribution in [-0.4, -0.2) is 27.3 Å². The fourth-order valence-corrected chi connectivity index (χ4v) is 1.12. The molecule has 0 aliphatic rings. The van der Waals surface area contributed by atoms with E-state index in [1.807, 2.05) is 0 Å². The highest BCUT2D eigenvalue weighted by Gasteiger charge is 2.09. The molecule has 6 heteroatoms. The van der Waals surface area contributed by atoms with Crippen LogP contribution in [0.3, 0.4) is 0 Å². The molecule has 0 fully saturated rings. The van der Waals surface area contributed by atoms with Gasteiger partial charge in [0, 0.05) is 12.4 Å². The van der Waals surface area contributed by atoms with Gasteiger partial charge in [0.2, 0.25) is 5.88 Å². The van der Waals surface area contributed by atoms with Crippen LogP contribution in [0, 0.1) is 0 Å². The van der Waals surface area contributed by atoms with Gasteiger partial charge in [0.05, 0.1) is 7.11 Å². The fraction of sp³-hybridized carbons (Fsp3) is 0.111. The molecule has 0 amide bonds. The van der Waals surface area contributed by atoms with Crippen molar-refractivity contribution in [2.75, 3.05) is 12.8 Å². The van der Waals surface area contributed by atoms with E-state index in [0.29, 0.717) is 23.1 Å². The Morgan fingerprint density at radius 2 is 1.93 bits per heavy atom. The van der Waals surface area contributed by atoms with Crippen LogP contribution >= 0.6 is 0 Å². The molecule has 2 rings (SSSR count). The van der Waals surface area contributed by atoms with Gasteiger partial charge in [-0.1, -0.05) is 0 Å². The van der Waals surface area contributed by atoms with E-state index in [2.05, 4.69) is 20.2 Å². The van der Waals surface area contributed by atoms with Gasteiger partial charge in [0.1, 0.15) is 11.5 Å². The second-order valence-electron chi connectivity index (χ2n) is 2.76. The molecule has 15 heavy (non-hydrogen) atoms.